The lowest BCUT2D eigenvalue weighted by molar-refractivity contribution is 0.0698. The van der Waals surface area contributed by atoms with Crippen LogP contribution in [0.25, 0.3) is 0 Å². The molecule has 2 N–H and O–H groups in total. The van der Waals surface area contributed by atoms with Crippen LogP contribution in [0.4, 0.5) is 5.69 Å². The summed E-state index contributed by atoms with van der Waals surface area (Å²) in [6.45, 7) is 1.71. The Labute approximate surface area is 127 Å². The number of nitriles is 1. The molecule has 0 radical (unpaired) electrons. The Morgan fingerprint density at radius 3 is 2.59 bits per heavy atom. The maximum absolute atomic E-state index is 12.3. The lowest BCUT2D eigenvalue weighted by Crippen LogP contribution is -2.15. The molecule has 0 bridgehead atoms. The van der Waals surface area contributed by atoms with Crippen molar-refractivity contribution >= 4 is 21.7 Å². The van der Waals surface area contributed by atoms with Crippen LogP contribution in [0.2, 0.25) is 0 Å². The van der Waals surface area contributed by atoms with E-state index in [1.807, 2.05) is 6.07 Å². The van der Waals surface area contributed by atoms with Crippen molar-refractivity contribution in [2.75, 3.05) is 4.72 Å². The van der Waals surface area contributed by atoms with E-state index in [-0.39, 0.29) is 21.7 Å². The maximum Gasteiger partial charge on any atom is 0.337 e. The average Bonchev–Trinajstić information content (AvgIpc) is 2.48. The fraction of sp³-hybridized carbons (Fsp3) is 0.0667. The summed E-state index contributed by atoms with van der Waals surface area (Å²) in [5.41, 5.74) is 0.734. The van der Waals surface area contributed by atoms with Gasteiger partial charge in [-0.2, -0.15) is 5.26 Å². The molecule has 2 rings (SSSR count). The minimum Gasteiger partial charge on any atom is -0.478 e. The van der Waals surface area contributed by atoms with Crippen molar-refractivity contribution < 1.29 is 18.3 Å². The first-order valence-corrected chi connectivity index (χ1v) is 7.69. The molecular weight excluding hydrogens is 304 g/mol. The first kappa shape index (κ1) is 15.5. The minimum atomic E-state index is -3.98. The number of aryl methyl sites for hydroxylation is 1. The van der Waals surface area contributed by atoms with Crippen LogP contribution < -0.4 is 4.72 Å². The molecule has 0 aliphatic rings. The predicted octanol–water partition coefficient (Wildman–Crippen LogP) is 2.37. The van der Waals surface area contributed by atoms with Crippen LogP contribution in [0.3, 0.4) is 0 Å². The molecule has 0 heterocycles. The molecule has 0 atom stereocenters. The zero-order chi connectivity index (χ0) is 16.3. The SMILES string of the molecule is Cc1ccc(NS(=O)(=O)c2cccc(C#N)c2)c(C(=O)O)c1. The van der Waals surface area contributed by atoms with Gasteiger partial charge in [0.1, 0.15) is 0 Å². The molecule has 0 aliphatic carbocycles. The van der Waals surface area contributed by atoms with Gasteiger partial charge in [-0.25, -0.2) is 13.2 Å². The molecule has 2 aromatic carbocycles. The number of nitrogens with zero attached hydrogens (tertiary/aromatic N) is 1. The van der Waals surface area contributed by atoms with Crippen LogP contribution in [0.5, 0.6) is 0 Å². The molecule has 0 aliphatic heterocycles. The van der Waals surface area contributed by atoms with Crippen LogP contribution in [-0.2, 0) is 10.0 Å². The van der Waals surface area contributed by atoms with Crippen molar-refractivity contribution in [3.05, 3.63) is 59.2 Å². The second kappa shape index (κ2) is 5.87. The van der Waals surface area contributed by atoms with Gasteiger partial charge in [0.2, 0.25) is 0 Å². The molecule has 2 aromatic rings. The first-order valence-electron chi connectivity index (χ1n) is 6.20. The van der Waals surface area contributed by atoms with Crippen molar-refractivity contribution in [3.63, 3.8) is 0 Å². The van der Waals surface area contributed by atoms with E-state index in [2.05, 4.69) is 4.72 Å². The van der Waals surface area contributed by atoms with Gasteiger partial charge in [0, 0.05) is 0 Å². The van der Waals surface area contributed by atoms with Gasteiger partial charge in [-0.1, -0.05) is 17.7 Å². The van der Waals surface area contributed by atoms with Crippen molar-refractivity contribution in [1.29, 1.82) is 5.26 Å². The molecule has 22 heavy (non-hydrogen) atoms. The molecule has 0 unspecified atom stereocenters. The van der Waals surface area contributed by atoms with Gasteiger partial charge in [-0.15, -0.1) is 0 Å². The Bertz CT molecular complexity index is 883. The van der Waals surface area contributed by atoms with Crippen molar-refractivity contribution in [2.24, 2.45) is 0 Å². The number of carbonyl (C=O) groups is 1. The van der Waals surface area contributed by atoms with Crippen LogP contribution in [0, 0.1) is 18.3 Å². The van der Waals surface area contributed by atoms with E-state index in [0.29, 0.717) is 5.56 Å². The lowest BCUT2D eigenvalue weighted by Gasteiger charge is -2.11. The summed E-state index contributed by atoms with van der Waals surface area (Å²) >= 11 is 0. The number of anilines is 1. The minimum absolute atomic E-state index is 0.0274. The molecule has 7 heteroatoms. The van der Waals surface area contributed by atoms with Crippen LogP contribution >= 0.6 is 0 Å². The Morgan fingerprint density at radius 2 is 1.95 bits per heavy atom. The van der Waals surface area contributed by atoms with Crippen LogP contribution in [0.15, 0.2) is 47.4 Å². The highest BCUT2D eigenvalue weighted by atomic mass is 32.2. The molecule has 0 fully saturated rings. The monoisotopic (exact) mass is 316 g/mol. The maximum atomic E-state index is 12.3. The van der Waals surface area contributed by atoms with Crippen LogP contribution in [0.1, 0.15) is 21.5 Å². The largest absolute Gasteiger partial charge is 0.478 e. The van der Waals surface area contributed by atoms with Gasteiger partial charge in [-0.05, 0) is 37.3 Å². The van der Waals surface area contributed by atoms with Gasteiger partial charge in [0.15, 0.2) is 0 Å². The number of hydrogen-bond acceptors (Lipinski definition) is 4. The third kappa shape index (κ3) is 3.24. The van der Waals surface area contributed by atoms with E-state index < -0.39 is 16.0 Å². The van der Waals surface area contributed by atoms with Crippen molar-refractivity contribution in [1.82, 2.24) is 0 Å². The molecular formula is C15H12N2O4S. The summed E-state index contributed by atoms with van der Waals surface area (Å²) < 4.78 is 26.9. The smallest absolute Gasteiger partial charge is 0.337 e. The fourth-order valence-electron chi connectivity index (χ4n) is 1.86. The Morgan fingerprint density at radius 1 is 1.23 bits per heavy atom. The summed E-state index contributed by atoms with van der Waals surface area (Å²) in [6, 6.07) is 11.7. The summed E-state index contributed by atoms with van der Waals surface area (Å²) in [5.74, 6) is -1.23. The van der Waals surface area contributed by atoms with E-state index in [0.717, 1.165) is 0 Å². The first-order chi connectivity index (χ1) is 10.3. The summed E-state index contributed by atoms with van der Waals surface area (Å²) in [5, 5.41) is 18.0. The number of benzene rings is 2. The van der Waals surface area contributed by atoms with Crippen LogP contribution in [-0.4, -0.2) is 19.5 Å². The van der Waals surface area contributed by atoms with E-state index in [9.17, 15) is 13.2 Å². The Balaban J connectivity index is 2.45. The zero-order valence-electron chi connectivity index (χ0n) is 11.6. The summed E-state index contributed by atoms with van der Waals surface area (Å²) in [4.78, 5) is 11.1. The number of carboxylic acids is 1. The Hall–Kier alpha value is -2.85. The predicted molar refractivity (Wildman–Crippen MR) is 80.1 cm³/mol. The molecule has 112 valence electrons. The number of rotatable bonds is 4. The molecule has 6 nitrogen and oxygen atoms in total. The number of nitrogens with one attached hydrogen (secondary N) is 1. The third-order valence-electron chi connectivity index (χ3n) is 2.92. The van der Waals surface area contributed by atoms with Crippen molar-refractivity contribution in [3.8, 4) is 6.07 Å². The van der Waals surface area contributed by atoms with E-state index in [1.54, 1.807) is 13.0 Å². The van der Waals surface area contributed by atoms with Gasteiger partial charge in [0.05, 0.1) is 27.8 Å². The molecule has 0 saturated carbocycles. The summed E-state index contributed by atoms with van der Waals surface area (Å²) in [6.07, 6.45) is 0. The van der Waals surface area contributed by atoms with Gasteiger partial charge in [0.25, 0.3) is 10.0 Å². The Kier molecular flexibility index (Phi) is 4.15. The zero-order valence-corrected chi connectivity index (χ0v) is 12.4. The number of sulfonamides is 1. The molecule has 0 aromatic heterocycles. The number of carboxylic acid groups (broad SMARTS) is 1. The topological polar surface area (TPSA) is 107 Å². The highest BCUT2D eigenvalue weighted by Crippen LogP contribution is 2.22. The van der Waals surface area contributed by atoms with E-state index in [4.69, 9.17) is 10.4 Å². The molecule has 0 spiro atoms. The van der Waals surface area contributed by atoms with Gasteiger partial charge in [-0.3, -0.25) is 4.72 Å². The average molecular weight is 316 g/mol. The lowest BCUT2D eigenvalue weighted by atomic mass is 10.1. The molecule has 0 amide bonds. The summed E-state index contributed by atoms with van der Waals surface area (Å²) in [7, 11) is -3.98. The second-order valence-corrected chi connectivity index (χ2v) is 6.28. The number of hydrogen-bond donors (Lipinski definition) is 2. The third-order valence-corrected chi connectivity index (χ3v) is 4.29. The standard InChI is InChI=1S/C15H12N2O4S/c1-10-5-6-14(13(7-10)15(18)19)17-22(20,21)12-4-2-3-11(8-12)9-16/h2-8,17H,1H3,(H,18,19). The van der Waals surface area contributed by atoms with Gasteiger partial charge < -0.3 is 5.11 Å². The number of aromatic carboxylic acids is 1. The highest BCUT2D eigenvalue weighted by molar-refractivity contribution is 7.92. The quantitative estimate of drug-likeness (QED) is 0.900. The normalized spacial score (nSPS) is 10.7. The van der Waals surface area contributed by atoms with E-state index in [1.165, 1.54) is 36.4 Å². The second-order valence-electron chi connectivity index (χ2n) is 4.60. The molecule has 0 saturated heterocycles. The van der Waals surface area contributed by atoms with Gasteiger partial charge >= 0.3 is 5.97 Å². The van der Waals surface area contributed by atoms with E-state index >= 15 is 0 Å². The fourth-order valence-corrected chi connectivity index (χ4v) is 2.99. The highest BCUT2D eigenvalue weighted by Gasteiger charge is 2.19. The van der Waals surface area contributed by atoms with Crippen molar-refractivity contribution in [2.45, 2.75) is 11.8 Å².